The minimum Gasteiger partial charge on any atom is -0.494 e. The van der Waals surface area contributed by atoms with Crippen molar-refractivity contribution in [3.8, 4) is 28.3 Å². The first-order chi connectivity index (χ1) is 23.5. The molecule has 7 nitrogen and oxygen atoms in total. The Bertz CT molecular complexity index is 1650. The van der Waals surface area contributed by atoms with Crippen molar-refractivity contribution in [3.63, 3.8) is 0 Å². The van der Waals surface area contributed by atoms with E-state index in [1.54, 1.807) is 0 Å². The highest BCUT2D eigenvalue weighted by molar-refractivity contribution is 7.14. The SMILES string of the molecule is CCCCCCCOc1ccc(-c2cnc(-c3ccc(C[C@H](CC(=O)c4ccc(C(C)(C)C)s4)C(=O)NCC4(C)CNC4)cc3)nc2)cc1. The van der Waals surface area contributed by atoms with Gasteiger partial charge in [-0.05, 0) is 53.6 Å². The van der Waals surface area contributed by atoms with Crippen LogP contribution in [0.5, 0.6) is 5.75 Å². The molecule has 0 aliphatic carbocycles. The van der Waals surface area contributed by atoms with Crippen LogP contribution in [0, 0.1) is 11.3 Å². The lowest BCUT2D eigenvalue weighted by Gasteiger charge is -2.39. The lowest BCUT2D eigenvalue weighted by Crippen LogP contribution is -2.57. The molecule has 0 saturated carbocycles. The summed E-state index contributed by atoms with van der Waals surface area (Å²) in [7, 11) is 0. The molecule has 4 aromatic rings. The van der Waals surface area contributed by atoms with Gasteiger partial charge in [-0.15, -0.1) is 11.3 Å². The first kappa shape index (κ1) is 36.4. The topological polar surface area (TPSA) is 93.2 Å². The third kappa shape index (κ3) is 10.3. The maximum atomic E-state index is 13.5. The van der Waals surface area contributed by atoms with Gasteiger partial charge in [-0.2, -0.15) is 0 Å². The summed E-state index contributed by atoms with van der Waals surface area (Å²) in [6, 6.07) is 20.0. The number of nitrogens with zero attached hydrogens (tertiary/aromatic N) is 2. The molecule has 1 saturated heterocycles. The summed E-state index contributed by atoms with van der Waals surface area (Å²) in [5, 5.41) is 6.44. The largest absolute Gasteiger partial charge is 0.494 e. The number of amides is 1. The molecular weight excluding hydrogens is 629 g/mol. The number of benzene rings is 2. The van der Waals surface area contributed by atoms with E-state index < -0.39 is 5.92 Å². The summed E-state index contributed by atoms with van der Waals surface area (Å²) in [5.74, 6) is 0.999. The van der Waals surface area contributed by atoms with E-state index in [0.717, 1.165) is 54.1 Å². The van der Waals surface area contributed by atoms with E-state index >= 15 is 0 Å². The molecule has 0 radical (unpaired) electrons. The van der Waals surface area contributed by atoms with E-state index in [0.29, 0.717) is 23.7 Å². The predicted molar refractivity (Wildman–Crippen MR) is 200 cm³/mol. The number of carbonyl (C=O) groups excluding carboxylic acids is 2. The average Bonchev–Trinajstić information content (AvgIpc) is 3.60. The number of rotatable bonds is 17. The molecule has 0 spiro atoms. The number of ketones is 1. The summed E-state index contributed by atoms with van der Waals surface area (Å²) < 4.78 is 5.91. The molecule has 1 atom stereocenters. The first-order valence-corrected chi connectivity index (χ1v) is 18.6. The summed E-state index contributed by atoms with van der Waals surface area (Å²) in [4.78, 5) is 38.1. The number of hydrogen-bond donors (Lipinski definition) is 2. The highest BCUT2D eigenvalue weighted by Crippen LogP contribution is 2.31. The van der Waals surface area contributed by atoms with Crippen molar-refractivity contribution in [1.82, 2.24) is 20.6 Å². The van der Waals surface area contributed by atoms with Crippen LogP contribution in [0.15, 0.2) is 73.1 Å². The normalized spacial score (nSPS) is 14.6. The van der Waals surface area contributed by atoms with Crippen LogP contribution in [0.4, 0.5) is 0 Å². The zero-order chi connectivity index (χ0) is 34.9. The average molecular weight is 681 g/mol. The highest BCUT2D eigenvalue weighted by Gasteiger charge is 2.33. The number of ether oxygens (including phenoxy) is 1. The van der Waals surface area contributed by atoms with Gasteiger partial charge in [0.1, 0.15) is 5.75 Å². The second-order valence-corrected chi connectivity index (χ2v) is 15.9. The Morgan fingerprint density at radius 3 is 2.18 bits per heavy atom. The monoisotopic (exact) mass is 680 g/mol. The van der Waals surface area contributed by atoms with Crippen LogP contribution in [0.2, 0.25) is 0 Å². The van der Waals surface area contributed by atoms with Crippen LogP contribution in [-0.2, 0) is 16.6 Å². The Balaban J connectivity index is 1.20. The van der Waals surface area contributed by atoms with Crippen LogP contribution in [0.3, 0.4) is 0 Å². The highest BCUT2D eigenvalue weighted by atomic mass is 32.1. The van der Waals surface area contributed by atoms with Gasteiger partial charge in [-0.1, -0.05) is 96.7 Å². The lowest BCUT2D eigenvalue weighted by molar-refractivity contribution is -0.125. The van der Waals surface area contributed by atoms with Crippen molar-refractivity contribution in [3.05, 3.63) is 88.4 Å². The number of unbranched alkanes of at least 4 members (excludes halogenated alkanes) is 4. The molecule has 2 aromatic heterocycles. The maximum Gasteiger partial charge on any atom is 0.223 e. The zero-order valence-electron chi connectivity index (χ0n) is 29.8. The third-order valence-electron chi connectivity index (χ3n) is 9.27. The molecule has 2 aromatic carbocycles. The van der Waals surface area contributed by atoms with E-state index in [9.17, 15) is 9.59 Å². The molecule has 8 heteroatoms. The molecule has 0 unspecified atom stereocenters. The Morgan fingerprint density at radius 2 is 1.57 bits per heavy atom. The quantitative estimate of drug-likeness (QED) is 0.0857. The minimum absolute atomic E-state index is 0.0160. The summed E-state index contributed by atoms with van der Waals surface area (Å²) in [6.07, 6.45) is 10.4. The van der Waals surface area contributed by atoms with Gasteiger partial charge >= 0.3 is 0 Å². The van der Waals surface area contributed by atoms with E-state index in [-0.39, 0.29) is 28.9 Å². The molecule has 1 aliphatic rings. The van der Waals surface area contributed by atoms with Crippen molar-refractivity contribution >= 4 is 23.0 Å². The predicted octanol–water partition coefficient (Wildman–Crippen LogP) is 8.68. The molecule has 1 amide bonds. The number of hydrogen-bond acceptors (Lipinski definition) is 7. The number of thiophene rings is 1. The zero-order valence-corrected chi connectivity index (χ0v) is 30.6. The van der Waals surface area contributed by atoms with Gasteiger partial charge in [0.25, 0.3) is 0 Å². The van der Waals surface area contributed by atoms with Crippen molar-refractivity contribution in [1.29, 1.82) is 0 Å². The fourth-order valence-corrected chi connectivity index (χ4v) is 6.95. The number of carbonyl (C=O) groups is 2. The van der Waals surface area contributed by atoms with Gasteiger partial charge in [-0.3, -0.25) is 9.59 Å². The van der Waals surface area contributed by atoms with Crippen molar-refractivity contribution in [2.24, 2.45) is 11.3 Å². The van der Waals surface area contributed by atoms with Crippen molar-refractivity contribution < 1.29 is 14.3 Å². The molecule has 0 bridgehead atoms. The minimum atomic E-state index is -0.465. The Kier molecular flexibility index (Phi) is 12.4. The smallest absolute Gasteiger partial charge is 0.223 e. The van der Waals surface area contributed by atoms with Crippen LogP contribution in [-0.4, -0.2) is 47.9 Å². The second kappa shape index (κ2) is 16.7. The molecule has 1 aliphatic heterocycles. The number of nitrogens with one attached hydrogen (secondary N) is 2. The lowest BCUT2D eigenvalue weighted by atomic mass is 9.84. The van der Waals surface area contributed by atoms with Crippen LogP contribution in [0.1, 0.15) is 93.3 Å². The van der Waals surface area contributed by atoms with Crippen LogP contribution >= 0.6 is 11.3 Å². The van der Waals surface area contributed by atoms with Crippen molar-refractivity contribution in [2.75, 3.05) is 26.2 Å². The number of aromatic nitrogens is 2. The van der Waals surface area contributed by atoms with E-state index in [2.05, 4.69) is 55.2 Å². The van der Waals surface area contributed by atoms with Crippen LogP contribution in [0.25, 0.3) is 22.5 Å². The molecule has 260 valence electrons. The van der Waals surface area contributed by atoms with E-state index in [1.807, 2.05) is 73.1 Å². The van der Waals surface area contributed by atoms with Gasteiger partial charge in [0.05, 0.1) is 11.5 Å². The van der Waals surface area contributed by atoms with Gasteiger partial charge in [0, 0.05) is 65.8 Å². The van der Waals surface area contributed by atoms with Crippen molar-refractivity contribution in [2.45, 2.75) is 85.0 Å². The third-order valence-corrected chi connectivity index (χ3v) is 10.8. The fraction of sp³-hybridized carbons (Fsp3) is 0.463. The fourth-order valence-electron chi connectivity index (χ4n) is 5.93. The molecule has 1 fully saturated rings. The molecule has 2 N–H and O–H groups in total. The maximum absolute atomic E-state index is 13.5. The Morgan fingerprint density at radius 1 is 0.898 bits per heavy atom. The Hall–Kier alpha value is -3.88. The Labute approximate surface area is 296 Å². The van der Waals surface area contributed by atoms with Gasteiger partial charge in [0.15, 0.2) is 11.6 Å². The van der Waals surface area contributed by atoms with E-state index in [4.69, 9.17) is 4.74 Å². The summed E-state index contributed by atoms with van der Waals surface area (Å²) in [6.45, 7) is 13.9. The van der Waals surface area contributed by atoms with E-state index in [1.165, 1.54) is 41.9 Å². The van der Waals surface area contributed by atoms with Gasteiger partial charge in [0.2, 0.25) is 5.91 Å². The molecule has 5 rings (SSSR count). The first-order valence-electron chi connectivity index (χ1n) is 17.8. The summed E-state index contributed by atoms with van der Waals surface area (Å²) in [5.41, 5.74) is 3.91. The van der Waals surface area contributed by atoms with Gasteiger partial charge in [-0.25, -0.2) is 9.97 Å². The standard InChI is InChI=1S/C41H52N4O3S/c1-6-7-8-9-10-21-48-34-17-15-30(16-18-34)33-24-43-38(44-25-33)31-13-11-29(12-14-31)22-32(39(47)45-28-41(5)26-42-27-41)23-35(46)36-19-20-37(49-36)40(2,3)4/h11-20,24-25,32,42H,6-10,21-23,26-28H2,1-5H3,(H,45,47)/t32-/m1/s1. The molecule has 3 heterocycles. The van der Waals surface area contributed by atoms with Crippen LogP contribution < -0.4 is 15.4 Å². The molecule has 49 heavy (non-hydrogen) atoms. The second-order valence-electron chi connectivity index (χ2n) is 14.9. The number of Topliss-reactive ketones (excluding diaryl/α,β-unsaturated/α-hetero) is 1. The summed E-state index contributed by atoms with van der Waals surface area (Å²) >= 11 is 1.53. The van der Waals surface area contributed by atoms with Gasteiger partial charge < -0.3 is 15.4 Å². The molecular formula is C41H52N4O3S.